The van der Waals surface area contributed by atoms with Crippen LogP contribution in [-0.2, 0) is 9.59 Å². The Kier molecular flexibility index (Phi) is 36.3. The molecule has 0 aliphatic heterocycles. The Bertz CT molecular complexity index is 532. The SMILES string of the molecule is [CH2]C(C(=O)CCCCCCCCCCCCCCCCCCC)C(=O)CCCCCCCCCCCCCCCCCCC. The van der Waals surface area contributed by atoms with Crippen molar-refractivity contribution >= 4 is 11.6 Å². The van der Waals surface area contributed by atoms with Crippen molar-refractivity contribution in [3.8, 4) is 0 Å². The minimum Gasteiger partial charge on any atom is -0.299 e. The van der Waals surface area contributed by atoms with E-state index in [2.05, 4.69) is 20.8 Å². The van der Waals surface area contributed by atoms with Gasteiger partial charge in [-0.3, -0.25) is 9.59 Å². The van der Waals surface area contributed by atoms with Crippen LogP contribution < -0.4 is 0 Å². The van der Waals surface area contributed by atoms with Gasteiger partial charge in [0.1, 0.15) is 11.6 Å². The van der Waals surface area contributed by atoms with E-state index >= 15 is 0 Å². The van der Waals surface area contributed by atoms with Crippen molar-refractivity contribution in [3.05, 3.63) is 6.92 Å². The van der Waals surface area contributed by atoms with Gasteiger partial charge in [0.15, 0.2) is 0 Å². The maximum Gasteiger partial charge on any atom is 0.143 e. The fourth-order valence-electron chi connectivity index (χ4n) is 6.58. The van der Waals surface area contributed by atoms with Crippen LogP contribution in [0.25, 0.3) is 0 Å². The van der Waals surface area contributed by atoms with Crippen molar-refractivity contribution < 1.29 is 9.59 Å². The molecular formula is C42H81O2. The van der Waals surface area contributed by atoms with Crippen LogP contribution in [0.4, 0.5) is 0 Å². The van der Waals surface area contributed by atoms with Gasteiger partial charge in [-0.1, -0.05) is 219 Å². The Hall–Kier alpha value is -0.660. The number of hydrogen-bond acceptors (Lipinski definition) is 2. The molecule has 0 rings (SSSR count). The second-order valence-corrected chi connectivity index (χ2v) is 14.3. The summed E-state index contributed by atoms with van der Waals surface area (Å²) < 4.78 is 0. The van der Waals surface area contributed by atoms with Gasteiger partial charge >= 0.3 is 0 Å². The summed E-state index contributed by atoms with van der Waals surface area (Å²) in [5.74, 6) is -0.483. The van der Waals surface area contributed by atoms with Crippen LogP contribution in [0.15, 0.2) is 0 Å². The topological polar surface area (TPSA) is 34.1 Å². The van der Waals surface area contributed by atoms with Crippen LogP contribution in [0.1, 0.15) is 245 Å². The first-order chi connectivity index (χ1) is 21.6. The zero-order valence-electron chi connectivity index (χ0n) is 30.6. The molecule has 0 atom stereocenters. The van der Waals surface area contributed by atoms with Gasteiger partial charge < -0.3 is 0 Å². The molecule has 0 aromatic rings. The molecule has 261 valence electrons. The predicted octanol–water partition coefficient (Wildman–Crippen LogP) is 14.7. The van der Waals surface area contributed by atoms with Crippen molar-refractivity contribution in [3.63, 3.8) is 0 Å². The number of carbonyl (C=O) groups is 2. The third-order valence-electron chi connectivity index (χ3n) is 9.83. The van der Waals surface area contributed by atoms with Gasteiger partial charge in [-0.15, -0.1) is 0 Å². The Balaban J connectivity index is 3.38. The molecule has 0 aromatic heterocycles. The van der Waals surface area contributed by atoms with Crippen LogP contribution in [0.5, 0.6) is 0 Å². The normalized spacial score (nSPS) is 11.5. The van der Waals surface area contributed by atoms with Crippen molar-refractivity contribution in [2.75, 3.05) is 0 Å². The summed E-state index contributed by atoms with van der Waals surface area (Å²) in [6.07, 6.45) is 46.8. The smallest absolute Gasteiger partial charge is 0.143 e. The summed E-state index contributed by atoms with van der Waals surface area (Å²) in [6, 6.07) is 0. The third kappa shape index (κ3) is 32.7. The second-order valence-electron chi connectivity index (χ2n) is 14.3. The van der Waals surface area contributed by atoms with Gasteiger partial charge in [-0.2, -0.15) is 0 Å². The molecule has 2 nitrogen and oxygen atoms in total. The van der Waals surface area contributed by atoms with E-state index in [1.54, 1.807) is 0 Å². The van der Waals surface area contributed by atoms with Crippen molar-refractivity contribution in [2.45, 2.75) is 245 Å². The average molecular weight is 618 g/mol. The molecule has 0 saturated carbocycles. The summed E-state index contributed by atoms with van der Waals surface area (Å²) in [5.41, 5.74) is 0. The monoisotopic (exact) mass is 618 g/mol. The average Bonchev–Trinajstić information content (AvgIpc) is 3.03. The zero-order valence-corrected chi connectivity index (χ0v) is 30.6. The van der Waals surface area contributed by atoms with Crippen LogP contribution in [0.2, 0.25) is 0 Å². The van der Waals surface area contributed by atoms with Crippen LogP contribution in [0.3, 0.4) is 0 Å². The van der Waals surface area contributed by atoms with Crippen molar-refractivity contribution in [1.82, 2.24) is 0 Å². The van der Waals surface area contributed by atoms with Crippen LogP contribution >= 0.6 is 0 Å². The summed E-state index contributed by atoms with van der Waals surface area (Å²) in [5, 5.41) is 0. The number of ketones is 2. The highest BCUT2D eigenvalue weighted by molar-refractivity contribution is 6.02. The Morgan fingerprint density at radius 2 is 0.477 bits per heavy atom. The van der Waals surface area contributed by atoms with E-state index in [0.717, 1.165) is 25.7 Å². The molecule has 0 aliphatic rings. The zero-order chi connectivity index (χ0) is 32.2. The van der Waals surface area contributed by atoms with Gasteiger partial charge in [0.2, 0.25) is 0 Å². The maximum atomic E-state index is 12.4. The van der Waals surface area contributed by atoms with Crippen LogP contribution in [-0.4, -0.2) is 11.6 Å². The fourth-order valence-corrected chi connectivity index (χ4v) is 6.58. The van der Waals surface area contributed by atoms with Gasteiger partial charge in [-0.25, -0.2) is 0 Å². The molecule has 0 N–H and O–H groups in total. The van der Waals surface area contributed by atoms with E-state index in [1.165, 1.54) is 193 Å². The largest absolute Gasteiger partial charge is 0.299 e. The second kappa shape index (κ2) is 36.8. The number of rotatable bonds is 38. The lowest BCUT2D eigenvalue weighted by Gasteiger charge is -2.09. The summed E-state index contributed by atoms with van der Waals surface area (Å²) in [6.45, 7) is 8.50. The molecule has 0 aromatic carbocycles. The maximum absolute atomic E-state index is 12.4. The molecule has 0 amide bonds. The van der Waals surface area contributed by atoms with Crippen molar-refractivity contribution in [1.29, 1.82) is 0 Å². The Labute approximate surface area is 278 Å². The number of carbonyl (C=O) groups excluding carboxylic acids is 2. The standard InChI is InChI=1S/C42H81O2/c1-4-6-8-10-12-14-16-18-20-22-24-26-28-30-32-34-36-38-41(43)40(3)42(44)39-37-35-33-31-29-27-25-23-21-19-17-15-13-11-9-7-5-2/h40H,3-39H2,1-2H3. The molecular weight excluding hydrogens is 536 g/mol. The lowest BCUT2D eigenvalue weighted by atomic mass is 9.93. The van der Waals surface area contributed by atoms with E-state index in [1.807, 2.05) is 0 Å². The van der Waals surface area contributed by atoms with E-state index in [9.17, 15) is 9.59 Å². The first-order valence-electron chi connectivity index (χ1n) is 20.5. The van der Waals surface area contributed by atoms with Gasteiger partial charge in [-0.05, 0) is 19.8 Å². The van der Waals surface area contributed by atoms with E-state index in [-0.39, 0.29) is 11.6 Å². The van der Waals surface area contributed by atoms with E-state index < -0.39 is 5.92 Å². The summed E-state index contributed by atoms with van der Waals surface area (Å²) >= 11 is 0. The molecule has 0 spiro atoms. The molecule has 0 bridgehead atoms. The third-order valence-corrected chi connectivity index (χ3v) is 9.83. The molecule has 0 fully saturated rings. The first kappa shape index (κ1) is 43.3. The molecule has 2 heteroatoms. The summed E-state index contributed by atoms with van der Waals surface area (Å²) in [4.78, 5) is 24.9. The highest BCUT2D eigenvalue weighted by Gasteiger charge is 2.20. The van der Waals surface area contributed by atoms with E-state index in [0.29, 0.717) is 12.8 Å². The minimum atomic E-state index is -0.628. The molecule has 0 unspecified atom stereocenters. The molecule has 0 aliphatic carbocycles. The minimum absolute atomic E-state index is 0.0722. The number of Topliss-reactive ketones (excluding diaryl/α,β-unsaturated/α-hetero) is 2. The Morgan fingerprint density at radius 3 is 0.659 bits per heavy atom. The van der Waals surface area contributed by atoms with Gasteiger partial charge in [0, 0.05) is 12.8 Å². The number of hydrogen-bond donors (Lipinski definition) is 0. The lowest BCUT2D eigenvalue weighted by Crippen LogP contribution is -2.21. The van der Waals surface area contributed by atoms with Crippen molar-refractivity contribution in [2.24, 2.45) is 5.92 Å². The lowest BCUT2D eigenvalue weighted by molar-refractivity contribution is -0.131. The molecule has 0 heterocycles. The highest BCUT2D eigenvalue weighted by atomic mass is 16.1. The molecule has 44 heavy (non-hydrogen) atoms. The number of unbranched alkanes of at least 4 members (excludes halogenated alkanes) is 32. The van der Waals surface area contributed by atoms with E-state index in [4.69, 9.17) is 0 Å². The van der Waals surface area contributed by atoms with Crippen LogP contribution in [0, 0.1) is 12.8 Å². The molecule has 1 radical (unpaired) electrons. The van der Waals surface area contributed by atoms with Gasteiger partial charge in [0.05, 0.1) is 5.92 Å². The quantitative estimate of drug-likeness (QED) is 0.0510. The predicted molar refractivity (Wildman–Crippen MR) is 196 cm³/mol. The Morgan fingerprint density at radius 1 is 0.318 bits per heavy atom. The summed E-state index contributed by atoms with van der Waals surface area (Å²) in [7, 11) is 0. The van der Waals surface area contributed by atoms with Gasteiger partial charge in [0.25, 0.3) is 0 Å². The molecule has 0 saturated heterocycles. The fraction of sp³-hybridized carbons (Fsp3) is 0.929. The highest BCUT2D eigenvalue weighted by Crippen LogP contribution is 2.17. The first-order valence-corrected chi connectivity index (χ1v) is 20.5.